The highest BCUT2D eigenvalue weighted by atomic mass is 32.2. The van der Waals surface area contributed by atoms with Crippen LogP contribution < -0.4 is 0 Å². The van der Waals surface area contributed by atoms with Crippen LogP contribution >= 0.6 is 0 Å². The molecule has 1 N–H and O–H groups in total. The highest BCUT2D eigenvalue weighted by Crippen LogP contribution is 2.42. The van der Waals surface area contributed by atoms with E-state index >= 15 is 0 Å². The maximum atomic E-state index is 12.9. The average molecular weight is 379 g/mol. The minimum atomic E-state index is -4.18. The van der Waals surface area contributed by atoms with Gasteiger partial charge in [0, 0.05) is 6.42 Å². The number of fused-ring (bicyclic) bond motifs is 1. The SMILES string of the molecule is Cc1ccc(S(=O)(=O)N2C(=O)OC[C@@H]2C[C@@]2(O)C(=O)C=C[C@@H]3O[C@@H]32)cc1. The molecule has 0 unspecified atom stereocenters. The number of nitrogens with zero attached hydrogens (tertiary/aromatic N) is 1. The minimum absolute atomic E-state index is 0.0608. The largest absolute Gasteiger partial charge is 0.446 e. The second-order valence-corrected chi connectivity index (χ2v) is 8.53. The summed E-state index contributed by atoms with van der Waals surface area (Å²) in [6.45, 7) is 1.58. The molecule has 2 fully saturated rings. The summed E-state index contributed by atoms with van der Waals surface area (Å²) in [6.07, 6.45) is 0.390. The molecule has 4 rings (SSSR count). The van der Waals surface area contributed by atoms with Gasteiger partial charge in [0.25, 0.3) is 10.0 Å². The van der Waals surface area contributed by atoms with E-state index in [2.05, 4.69) is 0 Å². The van der Waals surface area contributed by atoms with Crippen molar-refractivity contribution < 1.29 is 32.6 Å². The molecule has 1 aromatic rings. The molecule has 0 saturated carbocycles. The highest BCUT2D eigenvalue weighted by molar-refractivity contribution is 7.89. The number of ether oxygens (including phenoxy) is 2. The van der Waals surface area contributed by atoms with Crippen molar-refractivity contribution in [3.05, 3.63) is 42.0 Å². The van der Waals surface area contributed by atoms with Crippen molar-refractivity contribution in [1.82, 2.24) is 4.31 Å². The monoisotopic (exact) mass is 379 g/mol. The smallest absolute Gasteiger partial charge is 0.424 e. The number of carbonyl (C=O) groups is 2. The molecule has 2 heterocycles. The molecule has 1 amide bonds. The van der Waals surface area contributed by atoms with E-state index < -0.39 is 39.6 Å². The zero-order valence-electron chi connectivity index (χ0n) is 13.9. The summed E-state index contributed by atoms with van der Waals surface area (Å²) in [6, 6.07) is 5.04. The normalized spacial score (nSPS) is 33.2. The van der Waals surface area contributed by atoms with Crippen LogP contribution in [-0.4, -0.2) is 60.2 Å². The summed E-state index contributed by atoms with van der Waals surface area (Å²) in [5, 5.41) is 10.8. The Bertz CT molecular complexity index is 908. The standard InChI is InChI=1S/C17H17NO7S/c1-10-2-4-12(5-3-10)26(22,23)18-11(9-24-16(18)20)8-17(21)14(19)7-6-13-15(17)25-13/h2-7,11,13,15,21H,8-9H2,1H3/t11-,13-,15-,17+/m0/s1. The Morgan fingerprint density at radius 3 is 2.65 bits per heavy atom. The zero-order chi connectivity index (χ0) is 18.7. The Hall–Kier alpha value is -2.23. The number of ketones is 1. The third-order valence-corrected chi connectivity index (χ3v) is 6.73. The van der Waals surface area contributed by atoms with Crippen LogP contribution in [-0.2, 0) is 24.3 Å². The second kappa shape index (κ2) is 5.63. The van der Waals surface area contributed by atoms with Gasteiger partial charge < -0.3 is 14.6 Å². The number of aryl methyl sites for hydroxylation is 1. The number of cyclic esters (lactones) is 1. The maximum Gasteiger partial charge on any atom is 0.424 e. The van der Waals surface area contributed by atoms with Crippen molar-refractivity contribution in [1.29, 1.82) is 0 Å². The molecule has 3 aliphatic rings. The molecule has 4 atom stereocenters. The average Bonchev–Trinajstić information content (AvgIpc) is 3.30. The van der Waals surface area contributed by atoms with Gasteiger partial charge in [-0.3, -0.25) is 4.79 Å². The van der Waals surface area contributed by atoms with Crippen LogP contribution in [0, 0.1) is 6.92 Å². The molecule has 1 aromatic carbocycles. The Labute approximate surface area is 150 Å². The molecule has 0 bridgehead atoms. The van der Waals surface area contributed by atoms with Crippen molar-refractivity contribution in [2.24, 2.45) is 0 Å². The fraction of sp³-hybridized carbons (Fsp3) is 0.412. The number of hydrogen-bond donors (Lipinski definition) is 1. The number of epoxide rings is 1. The summed E-state index contributed by atoms with van der Waals surface area (Å²) in [7, 11) is -4.18. The third kappa shape index (κ3) is 2.54. The van der Waals surface area contributed by atoms with Crippen molar-refractivity contribution in [3.63, 3.8) is 0 Å². The molecular weight excluding hydrogens is 362 g/mol. The molecule has 0 spiro atoms. The summed E-state index contributed by atoms with van der Waals surface area (Å²) in [4.78, 5) is 24.2. The zero-order valence-corrected chi connectivity index (χ0v) is 14.7. The lowest BCUT2D eigenvalue weighted by molar-refractivity contribution is -0.136. The molecule has 8 nitrogen and oxygen atoms in total. The summed E-state index contributed by atoms with van der Waals surface area (Å²) in [5.41, 5.74) is -1.01. The van der Waals surface area contributed by atoms with E-state index in [1.165, 1.54) is 18.2 Å². The van der Waals surface area contributed by atoms with Crippen LogP contribution in [0.3, 0.4) is 0 Å². The van der Waals surface area contributed by atoms with Crippen LogP contribution in [0.4, 0.5) is 4.79 Å². The Morgan fingerprint density at radius 1 is 1.27 bits per heavy atom. The van der Waals surface area contributed by atoms with Crippen molar-refractivity contribution in [2.45, 2.75) is 42.1 Å². The Balaban J connectivity index is 1.65. The number of hydrogen-bond acceptors (Lipinski definition) is 7. The minimum Gasteiger partial charge on any atom is -0.446 e. The fourth-order valence-electron chi connectivity index (χ4n) is 3.41. The molecule has 0 radical (unpaired) electrons. The van der Waals surface area contributed by atoms with Crippen molar-refractivity contribution >= 4 is 21.9 Å². The molecule has 138 valence electrons. The van der Waals surface area contributed by atoms with E-state index in [0.29, 0.717) is 4.31 Å². The van der Waals surface area contributed by atoms with Crippen LogP contribution in [0.1, 0.15) is 12.0 Å². The van der Waals surface area contributed by atoms with E-state index in [1.54, 1.807) is 18.2 Å². The third-order valence-electron chi connectivity index (χ3n) is 4.90. The topological polar surface area (TPSA) is 114 Å². The fourth-order valence-corrected chi connectivity index (χ4v) is 4.89. The molecule has 2 saturated heterocycles. The van der Waals surface area contributed by atoms with E-state index in [0.717, 1.165) is 5.56 Å². The molecule has 1 aliphatic carbocycles. The van der Waals surface area contributed by atoms with Gasteiger partial charge in [-0.05, 0) is 31.2 Å². The van der Waals surface area contributed by atoms with E-state index in [4.69, 9.17) is 9.47 Å². The lowest BCUT2D eigenvalue weighted by Crippen LogP contribution is -2.52. The molecular formula is C17H17NO7S. The predicted molar refractivity (Wildman–Crippen MR) is 87.7 cm³/mol. The van der Waals surface area contributed by atoms with Gasteiger partial charge in [-0.25, -0.2) is 13.2 Å². The van der Waals surface area contributed by atoms with Gasteiger partial charge in [0.05, 0.1) is 10.9 Å². The van der Waals surface area contributed by atoms with Gasteiger partial charge in [0.1, 0.15) is 18.8 Å². The van der Waals surface area contributed by atoms with Crippen LogP contribution in [0.25, 0.3) is 0 Å². The number of benzene rings is 1. The number of rotatable bonds is 4. The summed E-state index contributed by atoms with van der Waals surface area (Å²) < 4.78 is 36.6. The second-order valence-electron chi connectivity index (χ2n) is 6.72. The van der Waals surface area contributed by atoms with Gasteiger partial charge in [0.15, 0.2) is 11.4 Å². The van der Waals surface area contributed by atoms with E-state index in [-0.39, 0.29) is 24.0 Å². The predicted octanol–water partition coefficient (Wildman–Crippen LogP) is 0.532. The first kappa shape index (κ1) is 17.2. The maximum absolute atomic E-state index is 12.9. The van der Waals surface area contributed by atoms with E-state index in [1.807, 2.05) is 6.92 Å². The highest BCUT2D eigenvalue weighted by Gasteiger charge is 2.61. The lowest BCUT2D eigenvalue weighted by Gasteiger charge is -2.30. The number of sulfonamides is 1. The quantitative estimate of drug-likeness (QED) is 0.759. The van der Waals surface area contributed by atoms with Gasteiger partial charge in [-0.15, -0.1) is 0 Å². The summed E-state index contributed by atoms with van der Waals surface area (Å²) >= 11 is 0. The number of carbonyl (C=O) groups excluding carboxylic acids is 2. The van der Waals surface area contributed by atoms with Crippen molar-refractivity contribution in [3.8, 4) is 0 Å². The molecule has 2 aliphatic heterocycles. The van der Waals surface area contributed by atoms with Crippen LogP contribution in [0.2, 0.25) is 0 Å². The Kier molecular flexibility index (Phi) is 3.73. The van der Waals surface area contributed by atoms with Gasteiger partial charge in [-0.2, -0.15) is 4.31 Å². The first-order valence-corrected chi connectivity index (χ1v) is 9.56. The van der Waals surface area contributed by atoms with Gasteiger partial charge >= 0.3 is 6.09 Å². The van der Waals surface area contributed by atoms with Crippen LogP contribution in [0.15, 0.2) is 41.3 Å². The molecule has 9 heteroatoms. The Morgan fingerprint density at radius 2 is 1.96 bits per heavy atom. The lowest BCUT2D eigenvalue weighted by atomic mass is 9.83. The molecule has 26 heavy (non-hydrogen) atoms. The van der Waals surface area contributed by atoms with Gasteiger partial charge in [-0.1, -0.05) is 17.7 Å². The van der Waals surface area contributed by atoms with Crippen LogP contribution in [0.5, 0.6) is 0 Å². The van der Waals surface area contributed by atoms with E-state index in [9.17, 15) is 23.1 Å². The number of amides is 1. The number of aliphatic hydroxyl groups is 1. The first-order chi connectivity index (χ1) is 12.2. The van der Waals surface area contributed by atoms with Gasteiger partial charge in [0.2, 0.25) is 0 Å². The first-order valence-electron chi connectivity index (χ1n) is 8.12. The molecule has 0 aromatic heterocycles. The summed E-state index contributed by atoms with van der Waals surface area (Å²) in [5.74, 6) is -0.566. The van der Waals surface area contributed by atoms with Crippen molar-refractivity contribution in [2.75, 3.05) is 6.61 Å².